The fourth-order valence-corrected chi connectivity index (χ4v) is 1.49. The number of methoxy groups -OCH3 is 1. The fourth-order valence-electron chi connectivity index (χ4n) is 1.49. The van der Waals surface area contributed by atoms with Crippen LogP contribution in [0.2, 0.25) is 0 Å². The van der Waals surface area contributed by atoms with Gasteiger partial charge in [-0.25, -0.2) is 5.43 Å². The Morgan fingerprint density at radius 3 is 2.90 bits per heavy atom. The lowest BCUT2D eigenvalue weighted by atomic mass is 10.1. The molecule has 0 amide bonds. The molecule has 0 fully saturated rings. The van der Waals surface area contributed by atoms with Gasteiger partial charge in [0, 0.05) is 5.56 Å². The largest absolute Gasteiger partial charge is 0.497 e. The second kappa shape index (κ2) is 5.96. The topological polar surface area (TPSA) is 92.3 Å². The van der Waals surface area contributed by atoms with Crippen molar-refractivity contribution in [3.8, 4) is 5.75 Å². The number of ether oxygens (including phenoxy) is 1. The first-order valence-electron chi connectivity index (χ1n) is 5.98. The molecule has 7 nitrogen and oxygen atoms in total. The maximum atomic E-state index is 11.4. The van der Waals surface area contributed by atoms with E-state index in [1.54, 1.807) is 14.0 Å². The summed E-state index contributed by atoms with van der Waals surface area (Å²) in [6.07, 6.45) is 0. The van der Waals surface area contributed by atoms with Crippen molar-refractivity contribution in [3.63, 3.8) is 0 Å². The van der Waals surface area contributed by atoms with Crippen LogP contribution in [0.3, 0.4) is 0 Å². The number of aromatic nitrogens is 3. The van der Waals surface area contributed by atoms with Crippen LogP contribution in [-0.2, 0) is 0 Å². The Morgan fingerprint density at radius 1 is 1.40 bits per heavy atom. The number of nitrogens with one attached hydrogen (secondary N) is 2. The number of H-pyrrole nitrogens is 1. The van der Waals surface area contributed by atoms with Crippen LogP contribution in [0, 0.1) is 6.92 Å². The molecule has 0 aliphatic heterocycles. The number of nitrogens with zero attached hydrogens (tertiary/aromatic N) is 3. The van der Waals surface area contributed by atoms with Crippen molar-refractivity contribution < 1.29 is 4.74 Å². The second-order valence-electron chi connectivity index (χ2n) is 4.13. The van der Waals surface area contributed by atoms with E-state index in [0.29, 0.717) is 5.69 Å². The molecule has 0 unspecified atom stereocenters. The van der Waals surface area contributed by atoms with E-state index in [4.69, 9.17) is 4.74 Å². The van der Waals surface area contributed by atoms with E-state index in [0.717, 1.165) is 17.0 Å². The van der Waals surface area contributed by atoms with Crippen LogP contribution in [0.1, 0.15) is 18.2 Å². The molecule has 0 spiro atoms. The van der Waals surface area contributed by atoms with Crippen molar-refractivity contribution in [2.45, 2.75) is 13.8 Å². The molecule has 0 saturated heterocycles. The average Bonchev–Trinajstić information content (AvgIpc) is 2.48. The number of hydrogen-bond donors (Lipinski definition) is 2. The summed E-state index contributed by atoms with van der Waals surface area (Å²) in [4.78, 5) is 13.9. The van der Waals surface area contributed by atoms with E-state index in [1.165, 1.54) is 0 Å². The molecule has 1 heterocycles. The lowest BCUT2D eigenvalue weighted by molar-refractivity contribution is 0.414. The third-order valence-corrected chi connectivity index (χ3v) is 2.68. The molecule has 0 radical (unpaired) electrons. The molecule has 2 N–H and O–H groups in total. The van der Waals surface area contributed by atoms with Gasteiger partial charge in [0.15, 0.2) is 0 Å². The van der Waals surface area contributed by atoms with Gasteiger partial charge in [0.05, 0.1) is 12.8 Å². The summed E-state index contributed by atoms with van der Waals surface area (Å²) in [6, 6.07) is 7.50. The summed E-state index contributed by atoms with van der Waals surface area (Å²) in [6.45, 7) is 3.42. The van der Waals surface area contributed by atoms with Crippen LogP contribution in [0.4, 0.5) is 5.95 Å². The number of rotatable bonds is 4. The van der Waals surface area contributed by atoms with Crippen LogP contribution < -0.4 is 15.7 Å². The highest BCUT2D eigenvalue weighted by Crippen LogP contribution is 2.13. The van der Waals surface area contributed by atoms with Crippen molar-refractivity contribution in [3.05, 3.63) is 45.9 Å². The zero-order chi connectivity index (χ0) is 14.5. The van der Waals surface area contributed by atoms with Gasteiger partial charge in [-0.3, -0.25) is 9.78 Å². The van der Waals surface area contributed by atoms with Gasteiger partial charge in [-0.15, -0.1) is 10.2 Å². The standard InChI is InChI=1S/C13H15N5O2/c1-8(10-5-4-6-11(7-10)20-3)15-17-13-14-12(19)9(2)16-18-13/h4-7H,1-3H3,(H2,14,17,18,19)/b15-8-. The minimum Gasteiger partial charge on any atom is -0.497 e. The highest BCUT2D eigenvalue weighted by Gasteiger charge is 2.01. The van der Waals surface area contributed by atoms with E-state index in [-0.39, 0.29) is 11.5 Å². The molecule has 104 valence electrons. The molecule has 0 saturated carbocycles. The molecule has 20 heavy (non-hydrogen) atoms. The summed E-state index contributed by atoms with van der Waals surface area (Å²) in [5.74, 6) is 0.948. The monoisotopic (exact) mass is 273 g/mol. The van der Waals surface area contributed by atoms with Crippen molar-refractivity contribution in [1.29, 1.82) is 0 Å². The Kier molecular flexibility index (Phi) is 4.09. The van der Waals surface area contributed by atoms with Crippen LogP contribution >= 0.6 is 0 Å². The molecule has 0 atom stereocenters. The van der Waals surface area contributed by atoms with Gasteiger partial charge in [-0.1, -0.05) is 12.1 Å². The lowest BCUT2D eigenvalue weighted by Crippen LogP contribution is -2.16. The number of aromatic amines is 1. The quantitative estimate of drug-likeness (QED) is 0.647. The maximum absolute atomic E-state index is 11.4. The predicted molar refractivity (Wildman–Crippen MR) is 76.2 cm³/mol. The average molecular weight is 273 g/mol. The summed E-state index contributed by atoms with van der Waals surface area (Å²) < 4.78 is 5.15. The van der Waals surface area contributed by atoms with Crippen LogP contribution in [0.15, 0.2) is 34.2 Å². The number of aryl methyl sites for hydroxylation is 1. The molecule has 1 aromatic carbocycles. The van der Waals surface area contributed by atoms with Gasteiger partial charge >= 0.3 is 0 Å². The van der Waals surface area contributed by atoms with E-state index >= 15 is 0 Å². The molecule has 0 bridgehead atoms. The fraction of sp³-hybridized carbons (Fsp3) is 0.231. The smallest absolute Gasteiger partial charge is 0.274 e. The summed E-state index contributed by atoms with van der Waals surface area (Å²) in [5.41, 5.74) is 4.31. The van der Waals surface area contributed by atoms with Gasteiger partial charge in [0.1, 0.15) is 11.4 Å². The highest BCUT2D eigenvalue weighted by atomic mass is 16.5. The number of hydrazone groups is 1. The first-order valence-corrected chi connectivity index (χ1v) is 5.98. The zero-order valence-corrected chi connectivity index (χ0v) is 11.5. The van der Waals surface area contributed by atoms with E-state index in [1.807, 2.05) is 31.2 Å². The Labute approximate surface area is 115 Å². The van der Waals surface area contributed by atoms with Crippen LogP contribution in [0.25, 0.3) is 0 Å². The second-order valence-corrected chi connectivity index (χ2v) is 4.13. The Hall–Kier alpha value is -2.70. The third-order valence-electron chi connectivity index (χ3n) is 2.68. The Morgan fingerprint density at radius 2 is 2.20 bits per heavy atom. The molecular formula is C13H15N5O2. The molecule has 0 aliphatic rings. The van der Waals surface area contributed by atoms with E-state index in [2.05, 4.69) is 25.7 Å². The summed E-state index contributed by atoms with van der Waals surface area (Å²) >= 11 is 0. The normalized spacial score (nSPS) is 11.2. The van der Waals surface area contributed by atoms with Gasteiger partial charge < -0.3 is 4.74 Å². The highest BCUT2D eigenvalue weighted by molar-refractivity contribution is 5.99. The van der Waals surface area contributed by atoms with Crippen molar-refractivity contribution >= 4 is 11.7 Å². The summed E-state index contributed by atoms with van der Waals surface area (Å²) in [5, 5.41) is 11.7. The molecular weight excluding hydrogens is 258 g/mol. The SMILES string of the molecule is COc1cccc(/C(C)=N\Nc2nnc(C)c(=O)[nH]2)c1. The summed E-state index contributed by atoms with van der Waals surface area (Å²) in [7, 11) is 1.61. The zero-order valence-electron chi connectivity index (χ0n) is 11.5. The van der Waals surface area contributed by atoms with E-state index in [9.17, 15) is 4.79 Å². The van der Waals surface area contributed by atoms with Crippen LogP contribution in [-0.4, -0.2) is 28.0 Å². The van der Waals surface area contributed by atoms with Gasteiger partial charge in [-0.05, 0) is 26.0 Å². The van der Waals surface area contributed by atoms with E-state index < -0.39 is 0 Å². The number of hydrogen-bond acceptors (Lipinski definition) is 6. The molecule has 2 rings (SSSR count). The lowest BCUT2D eigenvalue weighted by Gasteiger charge is -2.04. The van der Waals surface area contributed by atoms with Gasteiger partial charge in [0.2, 0.25) is 5.95 Å². The number of benzene rings is 1. The Balaban J connectivity index is 2.17. The maximum Gasteiger partial charge on any atom is 0.274 e. The van der Waals surface area contributed by atoms with Crippen molar-refractivity contribution in [2.24, 2.45) is 5.10 Å². The van der Waals surface area contributed by atoms with Crippen LogP contribution in [0.5, 0.6) is 5.75 Å². The first-order chi connectivity index (χ1) is 9.60. The van der Waals surface area contributed by atoms with Crippen molar-refractivity contribution in [2.75, 3.05) is 12.5 Å². The van der Waals surface area contributed by atoms with Gasteiger partial charge in [0.25, 0.3) is 5.56 Å². The minimum absolute atomic E-state index is 0.197. The molecule has 0 aliphatic carbocycles. The molecule has 1 aromatic heterocycles. The minimum atomic E-state index is -0.295. The van der Waals surface area contributed by atoms with Gasteiger partial charge in [-0.2, -0.15) is 5.10 Å². The molecule has 7 heteroatoms. The van der Waals surface area contributed by atoms with Crippen molar-refractivity contribution in [1.82, 2.24) is 15.2 Å². The molecule has 2 aromatic rings. The first kappa shape index (κ1) is 13.7. The Bertz CT molecular complexity index is 693. The third kappa shape index (κ3) is 3.19. The predicted octanol–water partition coefficient (Wildman–Crippen LogP) is 1.32. The number of anilines is 1.